The highest BCUT2D eigenvalue weighted by atomic mass is 16.2. The summed E-state index contributed by atoms with van der Waals surface area (Å²) in [5.74, 6) is -0.171. The van der Waals surface area contributed by atoms with Crippen LogP contribution in [0.15, 0.2) is 0 Å². The molecule has 0 spiro atoms. The van der Waals surface area contributed by atoms with Crippen LogP contribution in [0.5, 0.6) is 0 Å². The van der Waals surface area contributed by atoms with Crippen LogP contribution in [0, 0.1) is 0 Å². The minimum Gasteiger partial charge on any atom is -0.370 e. The minimum atomic E-state index is -0.242. The number of amides is 3. The molecule has 3 amide bonds. The summed E-state index contributed by atoms with van der Waals surface area (Å²) in [7, 11) is 0. The number of urea groups is 1. The molecule has 0 aliphatic carbocycles. The molecule has 0 fully saturated rings. The number of carbonyl (C=O) groups is 2. The van der Waals surface area contributed by atoms with Crippen molar-refractivity contribution in [3.05, 3.63) is 0 Å². The summed E-state index contributed by atoms with van der Waals surface area (Å²) in [6.45, 7) is 3.95. The molecule has 0 rings (SSSR count). The summed E-state index contributed by atoms with van der Waals surface area (Å²) in [5.41, 5.74) is 10.8. The molecular formula is C35H71N3O2. The molecule has 0 aromatic carbocycles. The molecule has 0 aromatic heterocycles. The van der Waals surface area contributed by atoms with E-state index in [9.17, 15) is 9.59 Å². The van der Waals surface area contributed by atoms with Gasteiger partial charge in [-0.1, -0.05) is 174 Å². The first kappa shape index (κ1) is 38.7. The van der Waals surface area contributed by atoms with Gasteiger partial charge in [-0.2, -0.15) is 0 Å². The monoisotopic (exact) mass is 566 g/mol. The molecule has 0 aromatic rings. The van der Waals surface area contributed by atoms with E-state index >= 15 is 0 Å². The lowest BCUT2D eigenvalue weighted by molar-refractivity contribution is -0.118. The summed E-state index contributed by atoms with van der Waals surface area (Å²) < 4.78 is 0. The maximum Gasteiger partial charge on any atom is 0.314 e. The zero-order valence-corrected chi connectivity index (χ0v) is 27.0. The van der Waals surface area contributed by atoms with E-state index in [0.29, 0.717) is 6.42 Å². The summed E-state index contributed by atoms with van der Waals surface area (Å²) in [6.07, 6.45) is 38.6. The van der Waals surface area contributed by atoms with Crippen LogP contribution in [0.2, 0.25) is 0 Å². The summed E-state index contributed by atoms with van der Waals surface area (Å²) in [6, 6.07) is -0.242. The van der Waals surface area contributed by atoms with Crippen LogP contribution in [-0.4, -0.2) is 29.9 Å². The molecule has 0 aliphatic heterocycles. The number of nitrogens with zero attached hydrogens (tertiary/aromatic N) is 1. The molecule has 0 radical (unpaired) electrons. The maximum atomic E-state index is 11.8. The van der Waals surface area contributed by atoms with E-state index in [1.165, 1.54) is 161 Å². The summed E-state index contributed by atoms with van der Waals surface area (Å²) in [4.78, 5) is 24.4. The Morgan fingerprint density at radius 3 is 0.900 bits per heavy atom. The average molecular weight is 566 g/mol. The van der Waals surface area contributed by atoms with Crippen LogP contribution in [0.4, 0.5) is 4.79 Å². The van der Waals surface area contributed by atoms with Crippen LogP contribution in [0.1, 0.15) is 200 Å². The van der Waals surface area contributed by atoms with E-state index in [1.54, 1.807) is 0 Å². The number of rotatable bonds is 33. The Bertz CT molecular complexity index is 541. The van der Waals surface area contributed by atoms with E-state index in [-0.39, 0.29) is 11.9 Å². The lowest BCUT2D eigenvalue weighted by atomic mass is 10.0. The van der Waals surface area contributed by atoms with E-state index in [2.05, 4.69) is 6.92 Å². The van der Waals surface area contributed by atoms with Crippen molar-refractivity contribution in [3.8, 4) is 0 Å². The Kier molecular flexibility index (Phi) is 31.2. The largest absolute Gasteiger partial charge is 0.370 e. The van der Waals surface area contributed by atoms with E-state index in [4.69, 9.17) is 11.5 Å². The average Bonchev–Trinajstić information content (AvgIpc) is 2.93. The zero-order chi connectivity index (χ0) is 29.4. The van der Waals surface area contributed by atoms with Gasteiger partial charge in [0.1, 0.15) is 0 Å². The van der Waals surface area contributed by atoms with Crippen molar-refractivity contribution in [2.75, 3.05) is 13.1 Å². The predicted molar refractivity (Wildman–Crippen MR) is 175 cm³/mol. The first-order valence-electron chi connectivity index (χ1n) is 17.9. The van der Waals surface area contributed by atoms with Gasteiger partial charge >= 0.3 is 6.03 Å². The quantitative estimate of drug-likeness (QED) is 0.0775. The second-order valence-electron chi connectivity index (χ2n) is 12.4. The Balaban J connectivity index is 3.39. The van der Waals surface area contributed by atoms with Crippen molar-refractivity contribution in [1.29, 1.82) is 0 Å². The fraction of sp³-hybridized carbons (Fsp3) is 0.943. The van der Waals surface area contributed by atoms with Gasteiger partial charge in [0.05, 0.1) is 0 Å². The van der Waals surface area contributed by atoms with E-state index in [1.807, 2.05) is 4.90 Å². The Morgan fingerprint density at radius 2 is 0.650 bits per heavy atom. The number of unbranched alkanes of at least 4 members (excludes halogenated alkanes) is 27. The molecule has 0 unspecified atom stereocenters. The molecule has 0 saturated heterocycles. The molecular weight excluding hydrogens is 494 g/mol. The number of hydrogen-bond acceptors (Lipinski definition) is 2. The number of hydrogen-bond donors (Lipinski definition) is 2. The summed E-state index contributed by atoms with van der Waals surface area (Å²) >= 11 is 0. The summed E-state index contributed by atoms with van der Waals surface area (Å²) in [5, 5.41) is 0. The molecule has 0 saturated carbocycles. The third-order valence-corrected chi connectivity index (χ3v) is 8.44. The van der Waals surface area contributed by atoms with Crippen LogP contribution in [0.25, 0.3) is 0 Å². The third kappa shape index (κ3) is 31.3. The van der Waals surface area contributed by atoms with E-state index in [0.717, 1.165) is 38.8 Å². The van der Waals surface area contributed by atoms with Gasteiger partial charge in [0.15, 0.2) is 0 Å². The molecule has 5 heteroatoms. The van der Waals surface area contributed by atoms with Crippen molar-refractivity contribution < 1.29 is 9.59 Å². The van der Waals surface area contributed by atoms with Gasteiger partial charge in [-0.25, -0.2) is 4.79 Å². The second-order valence-corrected chi connectivity index (χ2v) is 12.4. The standard InChI is InChI=1S/C35H71N3O2/c1-2-3-4-5-6-7-8-9-10-11-14-17-20-23-26-29-32-38(35(37)40)33-30-27-24-21-18-15-12-13-16-19-22-25-28-31-34(36)39/h2-33H2,1H3,(H2,36,39)(H2,37,40). The molecule has 4 N–H and O–H groups in total. The third-order valence-electron chi connectivity index (χ3n) is 8.44. The van der Waals surface area contributed by atoms with Crippen LogP contribution >= 0.6 is 0 Å². The number of carbonyl (C=O) groups excluding carboxylic acids is 2. The number of primary amides is 2. The molecule has 0 heterocycles. The highest BCUT2D eigenvalue weighted by Crippen LogP contribution is 2.15. The topological polar surface area (TPSA) is 89.4 Å². The van der Waals surface area contributed by atoms with Gasteiger partial charge in [-0.05, 0) is 19.3 Å². The van der Waals surface area contributed by atoms with Crippen LogP contribution in [0.3, 0.4) is 0 Å². The van der Waals surface area contributed by atoms with Crippen molar-refractivity contribution >= 4 is 11.9 Å². The van der Waals surface area contributed by atoms with Gasteiger partial charge in [-0.3, -0.25) is 4.79 Å². The predicted octanol–water partition coefficient (Wildman–Crippen LogP) is 10.6. The van der Waals surface area contributed by atoms with E-state index < -0.39 is 0 Å². The highest BCUT2D eigenvalue weighted by Gasteiger charge is 2.08. The van der Waals surface area contributed by atoms with Crippen molar-refractivity contribution in [2.24, 2.45) is 11.5 Å². The van der Waals surface area contributed by atoms with Crippen molar-refractivity contribution in [3.63, 3.8) is 0 Å². The second kappa shape index (κ2) is 32.3. The number of nitrogens with two attached hydrogens (primary N) is 2. The Labute approximate surface area is 250 Å². The molecule has 0 aliphatic rings. The molecule has 0 atom stereocenters. The van der Waals surface area contributed by atoms with Gasteiger partial charge < -0.3 is 16.4 Å². The molecule has 40 heavy (non-hydrogen) atoms. The first-order chi connectivity index (χ1) is 19.6. The molecule has 0 bridgehead atoms. The lowest BCUT2D eigenvalue weighted by Crippen LogP contribution is -2.37. The molecule has 238 valence electrons. The Hall–Kier alpha value is -1.26. The first-order valence-corrected chi connectivity index (χ1v) is 17.9. The zero-order valence-electron chi connectivity index (χ0n) is 27.0. The van der Waals surface area contributed by atoms with Gasteiger partial charge in [0, 0.05) is 19.5 Å². The minimum absolute atomic E-state index is 0.171. The maximum absolute atomic E-state index is 11.8. The van der Waals surface area contributed by atoms with Gasteiger partial charge in [0.2, 0.25) is 5.91 Å². The van der Waals surface area contributed by atoms with Gasteiger partial charge in [0.25, 0.3) is 0 Å². The smallest absolute Gasteiger partial charge is 0.314 e. The van der Waals surface area contributed by atoms with Crippen LogP contribution < -0.4 is 11.5 Å². The van der Waals surface area contributed by atoms with Crippen molar-refractivity contribution in [1.82, 2.24) is 4.90 Å². The van der Waals surface area contributed by atoms with Gasteiger partial charge in [-0.15, -0.1) is 0 Å². The fourth-order valence-electron chi connectivity index (χ4n) is 5.73. The molecule has 5 nitrogen and oxygen atoms in total. The van der Waals surface area contributed by atoms with Crippen molar-refractivity contribution in [2.45, 2.75) is 200 Å². The Morgan fingerprint density at radius 1 is 0.400 bits per heavy atom. The normalized spacial score (nSPS) is 11.2. The fourth-order valence-corrected chi connectivity index (χ4v) is 5.73. The SMILES string of the molecule is CCCCCCCCCCCCCCCCCCN(CCCCCCCCCCCCCCCC(N)=O)C(N)=O. The van der Waals surface area contributed by atoms with Crippen LogP contribution in [-0.2, 0) is 4.79 Å². The lowest BCUT2D eigenvalue weighted by Gasteiger charge is -2.20. The highest BCUT2D eigenvalue weighted by molar-refractivity contribution is 5.73.